The highest BCUT2D eigenvalue weighted by Gasteiger charge is 2.31. The van der Waals surface area contributed by atoms with Gasteiger partial charge in [-0.15, -0.1) is 0 Å². The first-order valence-electron chi connectivity index (χ1n) is 5.84. The molecule has 98 valence electrons. The van der Waals surface area contributed by atoms with Crippen molar-refractivity contribution in [2.24, 2.45) is 0 Å². The molecule has 0 amide bonds. The molecule has 0 unspecified atom stereocenters. The maximum absolute atomic E-state index is 11.9. The highest BCUT2D eigenvalue weighted by molar-refractivity contribution is 6.52. The molecule has 0 bridgehead atoms. The molecule has 0 saturated carbocycles. The van der Waals surface area contributed by atoms with Gasteiger partial charge in [0.15, 0.2) is 0 Å². The molecule has 0 atom stereocenters. The zero-order chi connectivity index (χ0) is 14.0. The van der Waals surface area contributed by atoms with Gasteiger partial charge in [-0.1, -0.05) is 24.3 Å². The lowest BCUT2D eigenvalue weighted by atomic mass is 9.86. The van der Waals surface area contributed by atoms with Crippen LogP contribution >= 0.6 is 0 Å². The summed E-state index contributed by atoms with van der Waals surface area (Å²) in [6.07, 6.45) is 0.173. The van der Waals surface area contributed by atoms with Gasteiger partial charge in [0.05, 0.1) is 0 Å². The van der Waals surface area contributed by atoms with Gasteiger partial charge in [0.1, 0.15) is 5.76 Å². The summed E-state index contributed by atoms with van der Waals surface area (Å²) in [4.78, 5) is 34.2. The Labute approximate surface area is 109 Å². The summed E-state index contributed by atoms with van der Waals surface area (Å²) >= 11 is 0. The van der Waals surface area contributed by atoms with Gasteiger partial charge in [-0.05, 0) is 12.8 Å². The van der Waals surface area contributed by atoms with Crippen LogP contribution in [0.25, 0.3) is 5.76 Å². The summed E-state index contributed by atoms with van der Waals surface area (Å²) in [5.41, 5.74) is 0.523. The molecule has 19 heavy (non-hydrogen) atoms. The van der Waals surface area contributed by atoms with Crippen LogP contribution in [-0.4, -0.2) is 27.7 Å². The molecular weight excluding hydrogens is 248 g/mol. The normalized spacial score (nSPS) is 14.5. The fraction of sp³-hybridized carbons (Fsp3) is 0.214. The van der Waals surface area contributed by atoms with Gasteiger partial charge in [-0.3, -0.25) is 14.4 Å². The van der Waals surface area contributed by atoms with E-state index in [0.29, 0.717) is 5.56 Å². The van der Waals surface area contributed by atoms with Crippen LogP contribution in [0, 0.1) is 0 Å². The first-order chi connectivity index (χ1) is 9.02. The number of fused-ring (bicyclic) bond motifs is 1. The Morgan fingerprint density at radius 3 is 2.32 bits per heavy atom. The molecule has 0 aromatic heterocycles. The molecule has 0 radical (unpaired) electrons. The number of hydrogen-bond acceptors (Lipinski definition) is 4. The average molecular weight is 260 g/mol. The average Bonchev–Trinajstić information content (AvgIpc) is 2.40. The topological polar surface area (TPSA) is 91.7 Å². The minimum Gasteiger partial charge on any atom is -0.507 e. The van der Waals surface area contributed by atoms with Crippen LogP contribution in [0.3, 0.4) is 0 Å². The first-order valence-corrected chi connectivity index (χ1v) is 5.84. The maximum atomic E-state index is 11.9. The summed E-state index contributed by atoms with van der Waals surface area (Å²) < 4.78 is 0. The SMILES string of the molecule is O=C(O)CCCC1=C(O)c2ccccc2C(=O)C1=O. The quantitative estimate of drug-likeness (QED) is 0.807. The van der Waals surface area contributed by atoms with Crippen molar-refractivity contribution in [1.29, 1.82) is 0 Å². The summed E-state index contributed by atoms with van der Waals surface area (Å²) in [5, 5.41) is 18.6. The number of Topliss-reactive ketones (excluding diaryl/α,β-unsaturated/α-hetero) is 2. The fourth-order valence-corrected chi connectivity index (χ4v) is 2.07. The van der Waals surface area contributed by atoms with Gasteiger partial charge in [0, 0.05) is 23.1 Å². The van der Waals surface area contributed by atoms with Crippen LogP contribution in [0.1, 0.15) is 35.2 Å². The Balaban J connectivity index is 2.34. The lowest BCUT2D eigenvalue weighted by molar-refractivity contribution is -0.137. The Bertz CT molecular complexity index is 598. The molecule has 2 N–H and O–H groups in total. The predicted molar refractivity (Wildman–Crippen MR) is 66.8 cm³/mol. The lowest BCUT2D eigenvalue weighted by Crippen LogP contribution is -2.24. The summed E-state index contributed by atoms with van der Waals surface area (Å²) in [6.45, 7) is 0. The largest absolute Gasteiger partial charge is 0.507 e. The number of hydrogen-bond donors (Lipinski definition) is 2. The van der Waals surface area contributed by atoms with Crippen molar-refractivity contribution in [2.45, 2.75) is 19.3 Å². The molecule has 1 aromatic carbocycles. The third-order valence-corrected chi connectivity index (χ3v) is 3.01. The van der Waals surface area contributed by atoms with E-state index in [-0.39, 0.29) is 36.2 Å². The number of benzene rings is 1. The van der Waals surface area contributed by atoms with Crippen LogP contribution in [0.15, 0.2) is 29.8 Å². The number of carboxylic acids is 1. The Kier molecular flexibility index (Phi) is 3.46. The van der Waals surface area contributed by atoms with Gasteiger partial charge < -0.3 is 10.2 Å². The van der Waals surface area contributed by atoms with Gasteiger partial charge in [-0.25, -0.2) is 0 Å². The molecule has 0 heterocycles. The smallest absolute Gasteiger partial charge is 0.303 e. The number of carbonyl (C=O) groups excluding carboxylic acids is 2. The minimum atomic E-state index is -0.977. The van der Waals surface area contributed by atoms with E-state index >= 15 is 0 Å². The number of ketones is 2. The highest BCUT2D eigenvalue weighted by atomic mass is 16.4. The summed E-state index contributed by atoms with van der Waals surface area (Å²) in [6, 6.07) is 6.33. The highest BCUT2D eigenvalue weighted by Crippen LogP contribution is 2.29. The Hall–Kier alpha value is -2.43. The van der Waals surface area contributed by atoms with E-state index in [2.05, 4.69) is 0 Å². The minimum absolute atomic E-state index is 0.00458. The van der Waals surface area contributed by atoms with Crippen molar-refractivity contribution < 1.29 is 24.6 Å². The van der Waals surface area contributed by atoms with Gasteiger partial charge in [0.2, 0.25) is 11.6 Å². The Morgan fingerprint density at radius 1 is 1.05 bits per heavy atom. The third-order valence-electron chi connectivity index (χ3n) is 3.01. The zero-order valence-corrected chi connectivity index (χ0v) is 10.0. The third kappa shape index (κ3) is 2.40. The molecule has 1 aromatic rings. The predicted octanol–water partition coefficient (Wildman–Crippen LogP) is 1.98. The van der Waals surface area contributed by atoms with E-state index in [0.717, 1.165) is 0 Å². The fourth-order valence-electron chi connectivity index (χ4n) is 2.07. The second-order valence-corrected chi connectivity index (χ2v) is 4.28. The summed E-state index contributed by atoms with van der Waals surface area (Å²) in [7, 11) is 0. The molecule has 1 aliphatic rings. The van der Waals surface area contributed by atoms with Crippen LogP contribution in [0.4, 0.5) is 0 Å². The molecule has 0 saturated heterocycles. The zero-order valence-electron chi connectivity index (χ0n) is 10.0. The number of rotatable bonds is 4. The molecule has 5 nitrogen and oxygen atoms in total. The number of aliphatic hydroxyl groups is 1. The van der Waals surface area contributed by atoms with E-state index in [1.165, 1.54) is 6.07 Å². The lowest BCUT2D eigenvalue weighted by Gasteiger charge is -2.17. The summed E-state index contributed by atoms with van der Waals surface area (Å²) in [5.74, 6) is -2.60. The van der Waals surface area contributed by atoms with Crippen molar-refractivity contribution in [1.82, 2.24) is 0 Å². The monoisotopic (exact) mass is 260 g/mol. The second kappa shape index (κ2) is 5.06. The Morgan fingerprint density at radius 2 is 1.68 bits per heavy atom. The van der Waals surface area contributed by atoms with Crippen molar-refractivity contribution in [3.63, 3.8) is 0 Å². The first kappa shape index (κ1) is 13.0. The molecule has 0 aliphatic heterocycles. The van der Waals surface area contributed by atoms with Crippen LogP contribution in [0.2, 0.25) is 0 Å². The van der Waals surface area contributed by atoms with Crippen LogP contribution in [-0.2, 0) is 9.59 Å². The molecule has 0 spiro atoms. The number of carbonyl (C=O) groups is 3. The number of aliphatic carboxylic acids is 1. The van der Waals surface area contributed by atoms with Gasteiger partial charge in [0.25, 0.3) is 0 Å². The van der Waals surface area contributed by atoms with Crippen molar-refractivity contribution in [3.8, 4) is 0 Å². The van der Waals surface area contributed by atoms with E-state index in [9.17, 15) is 19.5 Å². The maximum Gasteiger partial charge on any atom is 0.303 e. The number of carboxylic acid groups (broad SMARTS) is 1. The number of allylic oxidation sites excluding steroid dienone is 1. The van der Waals surface area contributed by atoms with Gasteiger partial charge in [-0.2, -0.15) is 0 Å². The van der Waals surface area contributed by atoms with E-state index < -0.39 is 17.5 Å². The van der Waals surface area contributed by atoms with Crippen molar-refractivity contribution in [3.05, 3.63) is 41.0 Å². The van der Waals surface area contributed by atoms with E-state index in [4.69, 9.17) is 5.11 Å². The molecule has 5 heteroatoms. The van der Waals surface area contributed by atoms with Crippen LogP contribution in [0.5, 0.6) is 0 Å². The van der Waals surface area contributed by atoms with E-state index in [1.807, 2.05) is 0 Å². The molecular formula is C14H12O5. The molecule has 1 aliphatic carbocycles. The van der Waals surface area contributed by atoms with Crippen molar-refractivity contribution >= 4 is 23.3 Å². The second-order valence-electron chi connectivity index (χ2n) is 4.28. The molecule has 2 rings (SSSR count). The number of aliphatic hydroxyl groups excluding tert-OH is 1. The standard InChI is InChI=1S/C14H12O5/c15-11(16)7-3-6-10-12(17)8-4-1-2-5-9(8)13(18)14(10)19/h1-2,4-5,17H,3,6-7H2,(H,15,16). The van der Waals surface area contributed by atoms with E-state index in [1.54, 1.807) is 18.2 Å². The van der Waals surface area contributed by atoms with Crippen LogP contribution < -0.4 is 0 Å². The molecule has 0 fully saturated rings. The van der Waals surface area contributed by atoms with Gasteiger partial charge >= 0.3 is 5.97 Å². The van der Waals surface area contributed by atoms with Crippen molar-refractivity contribution in [2.75, 3.05) is 0 Å².